The zero-order valence-electron chi connectivity index (χ0n) is 7.25. The van der Waals surface area contributed by atoms with Crippen LogP contribution in [0.4, 0.5) is 0 Å². The van der Waals surface area contributed by atoms with Gasteiger partial charge in [-0.05, 0) is 12.1 Å². The fourth-order valence-corrected chi connectivity index (χ4v) is 0.977. The van der Waals surface area contributed by atoms with Gasteiger partial charge in [0.2, 0.25) is 12.2 Å². The summed E-state index contributed by atoms with van der Waals surface area (Å²) in [6.45, 7) is 0.222. The van der Waals surface area contributed by atoms with Crippen molar-refractivity contribution in [2.24, 2.45) is 0 Å². The number of aromatic hydroxyl groups is 1. The van der Waals surface area contributed by atoms with E-state index >= 15 is 0 Å². The second-order valence-electron chi connectivity index (χ2n) is 2.63. The molecular weight excluding hydrogens is 184 g/mol. The molecule has 0 atom stereocenters. The van der Waals surface area contributed by atoms with Gasteiger partial charge in [0.1, 0.15) is 11.5 Å². The van der Waals surface area contributed by atoms with E-state index in [1.165, 1.54) is 12.5 Å². The van der Waals surface area contributed by atoms with Crippen LogP contribution in [0.3, 0.4) is 0 Å². The number of aromatic nitrogens is 2. The summed E-state index contributed by atoms with van der Waals surface area (Å²) in [5.74, 6) is 1.19. The Balaban J connectivity index is 1.98. The van der Waals surface area contributed by atoms with Crippen LogP contribution in [0.25, 0.3) is 0 Å². The van der Waals surface area contributed by atoms with Gasteiger partial charge in [0.25, 0.3) is 0 Å². The molecule has 1 N–H and O–H groups in total. The van der Waals surface area contributed by atoms with E-state index in [4.69, 9.17) is 9.84 Å². The van der Waals surface area contributed by atoms with Crippen molar-refractivity contribution in [3.63, 3.8) is 0 Å². The number of phenolic OH excluding ortho intramolecular Hbond substituents is 1. The minimum Gasteiger partial charge on any atom is -0.508 e. The lowest BCUT2D eigenvalue weighted by Gasteiger charge is -2.02. The number of rotatable bonds is 3. The molecule has 5 nitrogen and oxygen atoms in total. The molecule has 0 fully saturated rings. The first-order valence-electron chi connectivity index (χ1n) is 4.02. The molecule has 0 aliphatic carbocycles. The first kappa shape index (κ1) is 8.55. The van der Waals surface area contributed by atoms with E-state index in [0.29, 0.717) is 11.6 Å². The molecule has 0 spiro atoms. The largest absolute Gasteiger partial charge is 0.508 e. The Kier molecular flexibility index (Phi) is 2.31. The minimum absolute atomic E-state index is 0.163. The maximum Gasteiger partial charge on any atom is 0.213 e. The molecule has 72 valence electrons. The Morgan fingerprint density at radius 1 is 1.43 bits per heavy atom. The first-order valence-corrected chi connectivity index (χ1v) is 4.02. The third kappa shape index (κ3) is 2.01. The van der Waals surface area contributed by atoms with Crippen LogP contribution in [-0.2, 0) is 6.61 Å². The standard InChI is InChI=1S/C9H8N2O3/c12-7-2-1-3-8(4-7)13-5-9-10-6-14-11-9/h1-4,6,12H,5H2. The molecule has 0 saturated carbocycles. The Hall–Kier alpha value is -2.04. The molecule has 2 aromatic rings. The van der Waals surface area contributed by atoms with Gasteiger partial charge in [-0.15, -0.1) is 0 Å². The highest BCUT2D eigenvalue weighted by Crippen LogP contribution is 2.18. The van der Waals surface area contributed by atoms with Crippen LogP contribution in [0.5, 0.6) is 11.5 Å². The van der Waals surface area contributed by atoms with E-state index in [2.05, 4.69) is 14.7 Å². The summed E-state index contributed by atoms with van der Waals surface area (Å²) in [5, 5.41) is 12.7. The lowest BCUT2D eigenvalue weighted by Crippen LogP contribution is -1.96. The molecule has 0 aliphatic rings. The summed E-state index contributed by atoms with van der Waals surface area (Å²) in [6, 6.07) is 6.52. The van der Waals surface area contributed by atoms with E-state index < -0.39 is 0 Å². The minimum atomic E-state index is 0.163. The molecule has 2 rings (SSSR count). The van der Waals surface area contributed by atoms with Crippen molar-refractivity contribution in [3.8, 4) is 11.5 Å². The van der Waals surface area contributed by atoms with Gasteiger partial charge < -0.3 is 14.4 Å². The van der Waals surface area contributed by atoms with Crippen LogP contribution in [0.15, 0.2) is 35.2 Å². The van der Waals surface area contributed by atoms with Crippen LogP contribution in [0.1, 0.15) is 5.82 Å². The predicted octanol–water partition coefficient (Wildman–Crippen LogP) is 1.35. The maximum absolute atomic E-state index is 9.14. The summed E-state index contributed by atoms with van der Waals surface area (Å²) in [4.78, 5) is 3.79. The molecule has 1 aromatic carbocycles. The van der Waals surface area contributed by atoms with E-state index in [1.54, 1.807) is 18.2 Å². The van der Waals surface area contributed by atoms with Crippen molar-refractivity contribution in [3.05, 3.63) is 36.5 Å². The lowest BCUT2D eigenvalue weighted by atomic mass is 10.3. The molecule has 5 heteroatoms. The van der Waals surface area contributed by atoms with Crippen molar-refractivity contribution < 1.29 is 14.4 Å². The van der Waals surface area contributed by atoms with Crippen LogP contribution in [-0.4, -0.2) is 15.2 Å². The smallest absolute Gasteiger partial charge is 0.213 e. The molecule has 0 aliphatic heterocycles. The lowest BCUT2D eigenvalue weighted by molar-refractivity contribution is 0.285. The van der Waals surface area contributed by atoms with Gasteiger partial charge in [-0.2, -0.15) is 4.98 Å². The van der Waals surface area contributed by atoms with Gasteiger partial charge in [0.05, 0.1) is 0 Å². The van der Waals surface area contributed by atoms with Gasteiger partial charge >= 0.3 is 0 Å². The summed E-state index contributed by atoms with van der Waals surface area (Å²) in [7, 11) is 0. The molecule has 0 unspecified atom stereocenters. The van der Waals surface area contributed by atoms with Crippen LogP contribution in [0.2, 0.25) is 0 Å². The van der Waals surface area contributed by atoms with Crippen molar-refractivity contribution in [2.75, 3.05) is 0 Å². The quantitative estimate of drug-likeness (QED) is 0.795. The number of ether oxygens (including phenoxy) is 1. The highest BCUT2D eigenvalue weighted by molar-refractivity contribution is 5.31. The highest BCUT2D eigenvalue weighted by atomic mass is 16.5. The average molecular weight is 192 g/mol. The predicted molar refractivity (Wildman–Crippen MR) is 46.7 cm³/mol. The summed E-state index contributed by atoms with van der Waals surface area (Å²) in [6.07, 6.45) is 1.24. The van der Waals surface area contributed by atoms with Gasteiger partial charge in [0, 0.05) is 6.07 Å². The number of nitrogens with zero attached hydrogens (tertiary/aromatic N) is 2. The van der Waals surface area contributed by atoms with Crippen LogP contribution in [0, 0.1) is 0 Å². The second-order valence-corrected chi connectivity index (χ2v) is 2.63. The Bertz CT molecular complexity index is 400. The molecule has 1 aromatic heterocycles. The van der Waals surface area contributed by atoms with Crippen molar-refractivity contribution >= 4 is 0 Å². The van der Waals surface area contributed by atoms with Crippen LogP contribution < -0.4 is 4.74 Å². The zero-order chi connectivity index (χ0) is 9.80. The Morgan fingerprint density at radius 2 is 2.36 bits per heavy atom. The number of benzene rings is 1. The zero-order valence-corrected chi connectivity index (χ0v) is 7.25. The average Bonchev–Trinajstić information content (AvgIpc) is 2.67. The molecule has 0 radical (unpaired) electrons. The molecule has 1 heterocycles. The normalized spacial score (nSPS) is 10.0. The van der Waals surface area contributed by atoms with E-state index in [-0.39, 0.29) is 12.4 Å². The maximum atomic E-state index is 9.14. The first-order chi connectivity index (χ1) is 6.84. The SMILES string of the molecule is Oc1cccc(OCc2ncon2)c1. The van der Waals surface area contributed by atoms with Gasteiger partial charge in [-0.3, -0.25) is 0 Å². The van der Waals surface area contributed by atoms with Gasteiger partial charge in [-0.25, -0.2) is 0 Å². The number of phenols is 1. The number of hydrogen-bond acceptors (Lipinski definition) is 5. The summed E-state index contributed by atoms with van der Waals surface area (Å²) < 4.78 is 9.82. The third-order valence-electron chi connectivity index (χ3n) is 1.59. The van der Waals surface area contributed by atoms with Crippen LogP contribution >= 0.6 is 0 Å². The molecule has 14 heavy (non-hydrogen) atoms. The highest BCUT2D eigenvalue weighted by Gasteiger charge is 2.00. The van der Waals surface area contributed by atoms with Crippen molar-refractivity contribution in [2.45, 2.75) is 6.61 Å². The molecular formula is C9H8N2O3. The van der Waals surface area contributed by atoms with E-state index in [9.17, 15) is 0 Å². The molecule has 0 amide bonds. The van der Waals surface area contributed by atoms with Gasteiger partial charge in [-0.1, -0.05) is 11.2 Å². The fourth-order valence-electron chi connectivity index (χ4n) is 0.977. The third-order valence-corrected chi connectivity index (χ3v) is 1.59. The summed E-state index contributed by atoms with van der Waals surface area (Å²) in [5.41, 5.74) is 0. The van der Waals surface area contributed by atoms with E-state index in [0.717, 1.165) is 0 Å². The van der Waals surface area contributed by atoms with E-state index in [1.807, 2.05) is 0 Å². The van der Waals surface area contributed by atoms with Gasteiger partial charge in [0.15, 0.2) is 6.61 Å². The monoisotopic (exact) mass is 192 g/mol. The van der Waals surface area contributed by atoms with Crippen molar-refractivity contribution in [1.29, 1.82) is 0 Å². The summed E-state index contributed by atoms with van der Waals surface area (Å²) >= 11 is 0. The van der Waals surface area contributed by atoms with Crippen molar-refractivity contribution in [1.82, 2.24) is 10.1 Å². The topological polar surface area (TPSA) is 68.4 Å². The Morgan fingerprint density at radius 3 is 3.07 bits per heavy atom. The second kappa shape index (κ2) is 3.78. The molecule has 0 saturated heterocycles. The Labute approximate surface area is 79.9 Å². The number of hydrogen-bond donors (Lipinski definition) is 1. The molecule has 0 bridgehead atoms. The fraction of sp³-hybridized carbons (Fsp3) is 0.111.